The van der Waals surface area contributed by atoms with Crippen molar-refractivity contribution >= 4 is 0 Å². The number of rotatable bonds is 0. The van der Waals surface area contributed by atoms with E-state index in [2.05, 4.69) is 0 Å². The van der Waals surface area contributed by atoms with Crippen LogP contribution in [-0.4, -0.2) is 5.48 Å². The van der Waals surface area contributed by atoms with Gasteiger partial charge in [-0.05, 0) is 0 Å². The first-order chi connectivity index (χ1) is 0. The van der Waals surface area contributed by atoms with Crippen LogP contribution in [0.3, 0.4) is 0 Å². The molecule has 0 aliphatic carbocycles. The summed E-state index contributed by atoms with van der Waals surface area (Å²) in [6.45, 7) is 0. The molecule has 0 aliphatic rings. The molecule has 6 heavy (non-hydrogen) atoms. The molecular weight excluding hydrogens is 416 g/mol. The van der Waals surface area contributed by atoms with Crippen molar-refractivity contribution in [2.45, 2.75) is 0 Å². The molecule has 0 bridgehead atoms. The predicted molar refractivity (Wildman–Crippen MR) is 8.64 cm³/mol. The molecular formula is H5FeNOSmYZr. The predicted octanol–water partition coefficient (Wildman–Crippen LogP) is -0.670. The van der Waals surface area contributed by atoms with Gasteiger partial charge in [-0.25, -0.2) is 0 Å². The molecule has 6 heteroatoms. The van der Waals surface area contributed by atoms with Crippen LogP contribution < -0.4 is 6.15 Å². The quantitative estimate of drug-likeness (QED) is 0.518. The molecule has 0 atom stereocenters. The van der Waals surface area contributed by atoms with Gasteiger partial charge in [0.15, 0.2) is 0 Å². The Morgan fingerprint density at radius 2 is 1.00 bits per heavy atom. The average molecular weight is 421 g/mol. The van der Waals surface area contributed by atoms with Crippen molar-refractivity contribution < 1.29 is 122 Å². The minimum absolute atomic E-state index is 0. The van der Waals surface area contributed by atoms with E-state index in [1.54, 1.807) is 0 Å². The Hall–Kier alpha value is 3.76. The van der Waals surface area contributed by atoms with Crippen molar-refractivity contribution in [2.24, 2.45) is 0 Å². The smallest absolute Gasteiger partial charge is 0 e. The van der Waals surface area contributed by atoms with Crippen molar-refractivity contribution in [2.75, 3.05) is 0 Å². The molecule has 0 saturated heterocycles. The van der Waals surface area contributed by atoms with E-state index in [9.17, 15) is 0 Å². The van der Waals surface area contributed by atoms with Gasteiger partial charge in [0.05, 0.1) is 0 Å². The molecule has 0 unspecified atom stereocenters. The zero-order valence-electron chi connectivity index (χ0n) is 3.05. The zero-order chi connectivity index (χ0) is 0. The maximum absolute atomic E-state index is 0. The zero-order valence-corrected chi connectivity index (χ0v) is 12.1. The molecule has 0 aliphatic heterocycles. The van der Waals surface area contributed by atoms with Gasteiger partial charge in [0, 0.05) is 116 Å². The van der Waals surface area contributed by atoms with E-state index in [-0.39, 0.29) is 128 Å². The monoisotopic (exact) mass is 422 g/mol. The molecule has 0 amide bonds. The minimum atomic E-state index is 0. The van der Waals surface area contributed by atoms with E-state index in [0.717, 1.165) is 0 Å². The van der Waals surface area contributed by atoms with Gasteiger partial charge in [0.2, 0.25) is 0 Å². The van der Waals surface area contributed by atoms with Crippen molar-refractivity contribution in [1.82, 2.24) is 6.15 Å². The van der Waals surface area contributed by atoms with E-state index in [0.29, 0.717) is 0 Å². The van der Waals surface area contributed by atoms with Crippen molar-refractivity contribution in [1.29, 1.82) is 0 Å². The Balaban J connectivity index is 0. The van der Waals surface area contributed by atoms with Crippen LogP contribution >= 0.6 is 0 Å². The van der Waals surface area contributed by atoms with Crippen LogP contribution in [0, 0.1) is 40.4 Å². The molecule has 37 valence electrons. The van der Waals surface area contributed by atoms with Gasteiger partial charge < -0.3 is 11.6 Å². The maximum Gasteiger partial charge on any atom is 0 e. The van der Waals surface area contributed by atoms with Crippen LogP contribution in [0.2, 0.25) is 0 Å². The second kappa shape index (κ2) is 37.3. The van der Waals surface area contributed by atoms with Crippen LogP contribution in [0.1, 0.15) is 0 Å². The Kier molecular flexibility index (Phi) is 329. The van der Waals surface area contributed by atoms with E-state index >= 15 is 0 Å². The molecule has 0 spiro atoms. The summed E-state index contributed by atoms with van der Waals surface area (Å²) in [7, 11) is 0. The molecule has 0 saturated carbocycles. The molecule has 0 aromatic heterocycles. The Labute approximate surface area is 125 Å². The first kappa shape index (κ1) is 52.9. The third-order valence-corrected chi connectivity index (χ3v) is 0. The summed E-state index contributed by atoms with van der Waals surface area (Å²) in [4.78, 5) is 0. The van der Waals surface area contributed by atoms with E-state index in [1.807, 2.05) is 0 Å². The third-order valence-electron chi connectivity index (χ3n) is 0. The summed E-state index contributed by atoms with van der Waals surface area (Å²) in [5, 5.41) is 0. The van der Waals surface area contributed by atoms with E-state index < -0.39 is 0 Å². The fraction of sp³-hybridized carbons (Fsp3) is 0. The van der Waals surface area contributed by atoms with Crippen LogP contribution in [0.5, 0.6) is 0 Å². The van der Waals surface area contributed by atoms with E-state index in [4.69, 9.17) is 0 Å². The van der Waals surface area contributed by atoms with Gasteiger partial charge >= 0.3 is 0 Å². The first-order valence-electron chi connectivity index (χ1n) is 0. The summed E-state index contributed by atoms with van der Waals surface area (Å²) < 4.78 is 0. The topological polar surface area (TPSA) is 66.5 Å². The van der Waals surface area contributed by atoms with Gasteiger partial charge in [-0.3, -0.25) is 0 Å². The average Bonchev–Trinajstić information content (AvgIpc) is 0. The van der Waals surface area contributed by atoms with Crippen molar-refractivity contribution in [3.05, 3.63) is 0 Å². The van der Waals surface area contributed by atoms with Gasteiger partial charge in [0.1, 0.15) is 0 Å². The van der Waals surface area contributed by atoms with E-state index in [1.165, 1.54) is 0 Å². The fourth-order valence-electron chi connectivity index (χ4n) is 0. The SMILES string of the molecule is N.O.[Fe].[Sm].[Y].[Zr]. The van der Waals surface area contributed by atoms with Crippen LogP contribution in [0.25, 0.3) is 0 Å². The Morgan fingerprint density at radius 3 is 1.00 bits per heavy atom. The third kappa shape index (κ3) is 25.1. The molecule has 0 heterocycles. The Morgan fingerprint density at radius 1 is 1.00 bits per heavy atom. The van der Waals surface area contributed by atoms with Crippen LogP contribution in [0.4, 0.5) is 0 Å². The Bertz CT molecular complexity index is 15.5. The van der Waals surface area contributed by atoms with Gasteiger partial charge in [0.25, 0.3) is 0 Å². The van der Waals surface area contributed by atoms with Crippen molar-refractivity contribution in [3.63, 3.8) is 0 Å². The molecule has 2 nitrogen and oxygen atoms in total. The van der Waals surface area contributed by atoms with Crippen LogP contribution in [-0.2, 0) is 76.0 Å². The summed E-state index contributed by atoms with van der Waals surface area (Å²) in [6, 6.07) is 0. The van der Waals surface area contributed by atoms with Crippen LogP contribution in [0.15, 0.2) is 0 Å². The molecule has 1 radical (unpaired) electrons. The maximum atomic E-state index is 0. The fourth-order valence-corrected chi connectivity index (χ4v) is 0. The minimum Gasteiger partial charge on any atom is -0.412 e. The molecule has 0 fully saturated rings. The number of hydrogen-bond acceptors (Lipinski definition) is 1. The first-order valence-corrected chi connectivity index (χ1v) is 0. The molecule has 0 rings (SSSR count). The largest absolute Gasteiger partial charge is 0.412 e. The summed E-state index contributed by atoms with van der Waals surface area (Å²) in [5.74, 6) is 0. The normalized spacial score (nSPS) is 0. The van der Waals surface area contributed by atoms with Gasteiger partial charge in [-0.15, -0.1) is 0 Å². The van der Waals surface area contributed by atoms with Crippen molar-refractivity contribution in [3.8, 4) is 0 Å². The second-order valence-electron chi connectivity index (χ2n) is 0. The molecule has 0 aromatic rings. The molecule has 0 aromatic carbocycles. The van der Waals surface area contributed by atoms with Gasteiger partial charge in [-0.2, -0.15) is 0 Å². The standard InChI is InChI=1S/Fe.H3N.H2O.Sm.Y.Zr/h;1H3;1H2;;;. The van der Waals surface area contributed by atoms with Gasteiger partial charge in [-0.1, -0.05) is 0 Å². The molecule has 5 N–H and O–H groups in total. The summed E-state index contributed by atoms with van der Waals surface area (Å²) in [6.07, 6.45) is 0. The second-order valence-corrected chi connectivity index (χ2v) is 0. The summed E-state index contributed by atoms with van der Waals surface area (Å²) >= 11 is 0. The summed E-state index contributed by atoms with van der Waals surface area (Å²) in [5.41, 5.74) is 0. The number of hydrogen-bond donors (Lipinski definition) is 1.